The molecule has 2 aliphatic heterocycles. The lowest BCUT2D eigenvalue weighted by molar-refractivity contribution is 0.00702. The summed E-state index contributed by atoms with van der Waals surface area (Å²) in [5.74, 6) is 0. The van der Waals surface area contributed by atoms with E-state index in [-0.39, 0.29) is 24.3 Å². The van der Waals surface area contributed by atoms with Crippen molar-refractivity contribution in [1.82, 2.24) is 9.80 Å². The second-order valence-electron chi connectivity index (χ2n) is 8.12. The van der Waals surface area contributed by atoms with Crippen molar-refractivity contribution in [2.75, 3.05) is 19.6 Å². The van der Waals surface area contributed by atoms with Crippen LogP contribution >= 0.6 is 0 Å². The molecule has 1 fully saturated rings. The van der Waals surface area contributed by atoms with E-state index in [2.05, 4.69) is 6.08 Å². The number of piperidine rings is 1. The van der Waals surface area contributed by atoms with Gasteiger partial charge in [0.2, 0.25) is 0 Å². The maximum atomic E-state index is 12.7. The standard InChI is InChI=1S/C21H28N2O4/c1-20(2,3)27-18(24)22-14-11-21(12-15-22)10-7-13-23(21)19(25)26-16-17-8-5-4-6-9-17/h4-10H,11-16H2,1-3H3. The fourth-order valence-electron chi connectivity index (χ4n) is 3.54. The Morgan fingerprint density at radius 3 is 2.37 bits per heavy atom. The van der Waals surface area contributed by atoms with E-state index < -0.39 is 5.60 Å². The molecule has 1 aromatic rings. The number of hydrogen-bond acceptors (Lipinski definition) is 4. The van der Waals surface area contributed by atoms with Crippen molar-refractivity contribution < 1.29 is 19.1 Å². The maximum absolute atomic E-state index is 12.7. The molecular formula is C21H28N2O4. The van der Waals surface area contributed by atoms with Crippen molar-refractivity contribution in [2.45, 2.75) is 51.4 Å². The van der Waals surface area contributed by atoms with Gasteiger partial charge >= 0.3 is 12.2 Å². The average Bonchev–Trinajstić information content (AvgIpc) is 3.03. The van der Waals surface area contributed by atoms with E-state index in [0.29, 0.717) is 32.5 Å². The predicted octanol–water partition coefficient (Wildman–Crippen LogP) is 3.96. The molecule has 0 bridgehead atoms. The zero-order valence-electron chi connectivity index (χ0n) is 16.3. The summed E-state index contributed by atoms with van der Waals surface area (Å²) in [5, 5.41) is 0. The highest BCUT2D eigenvalue weighted by atomic mass is 16.6. The largest absolute Gasteiger partial charge is 0.445 e. The van der Waals surface area contributed by atoms with E-state index in [1.165, 1.54) is 0 Å². The predicted molar refractivity (Wildman–Crippen MR) is 102 cm³/mol. The summed E-state index contributed by atoms with van der Waals surface area (Å²) in [5.41, 5.74) is 0.0887. The number of carbonyl (C=O) groups is 2. The van der Waals surface area contributed by atoms with Crippen LogP contribution in [0.5, 0.6) is 0 Å². The quantitative estimate of drug-likeness (QED) is 0.737. The van der Waals surface area contributed by atoms with E-state index in [1.54, 1.807) is 9.80 Å². The fourth-order valence-corrected chi connectivity index (χ4v) is 3.54. The summed E-state index contributed by atoms with van der Waals surface area (Å²) < 4.78 is 11.0. The lowest BCUT2D eigenvalue weighted by Crippen LogP contribution is -2.55. The van der Waals surface area contributed by atoms with E-state index in [1.807, 2.05) is 57.2 Å². The van der Waals surface area contributed by atoms with Crippen molar-refractivity contribution in [3.05, 3.63) is 48.0 Å². The molecule has 2 aliphatic rings. The molecule has 0 aromatic heterocycles. The maximum Gasteiger partial charge on any atom is 0.411 e. The number of ether oxygens (including phenoxy) is 2. The Bertz CT molecular complexity index is 701. The minimum Gasteiger partial charge on any atom is -0.445 e. The smallest absolute Gasteiger partial charge is 0.411 e. The van der Waals surface area contributed by atoms with Gasteiger partial charge in [0.05, 0.1) is 5.54 Å². The molecule has 27 heavy (non-hydrogen) atoms. The molecule has 2 heterocycles. The Morgan fingerprint density at radius 1 is 1.07 bits per heavy atom. The van der Waals surface area contributed by atoms with E-state index >= 15 is 0 Å². The Balaban J connectivity index is 1.57. The van der Waals surface area contributed by atoms with Gasteiger partial charge in [-0.05, 0) is 39.2 Å². The summed E-state index contributed by atoms with van der Waals surface area (Å²) >= 11 is 0. The summed E-state index contributed by atoms with van der Waals surface area (Å²) in [6.07, 6.45) is 4.86. The first-order valence-corrected chi connectivity index (χ1v) is 9.43. The molecule has 6 heteroatoms. The molecule has 0 aliphatic carbocycles. The Hall–Kier alpha value is -2.50. The first-order chi connectivity index (χ1) is 12.8. The first kappa shape index (κ1) is 19.3. The molecule has 0 radical (unpaired) electrons. The van der Waals surface area contributed by atoms with Crippen LogP contribution in [-0.2, 0) is 16.1 Å². The highest BCUT2D eigenvalue weighted by Crippen LogP contribution is 2.35. The van der Waals surface area contributed by atoms with E-state index in [0.717, 1.165) is 5.56 Å². The van der Waals surface area contributed by atoms with Crippen LogP contribution in [0, 0.1) is 0 Å². The van der Waals surface area contributed by atoms with Crippen LogP contribution in [-0.4, -0.2) is 52.8 Å². The van der Waals surface area contributed by atoms with Crippen LogP contribution in [0.25, 0.3) is 0 Å². The molecule has 1 saturated heterocycles. The van der Waals surface area contributed by atoms with Gasteiger partial charge in [-0.3, -0.25) is 4.90 Å². The minimum atomic E-state index is -0.507. The van der Waals surface area contributed by atoms with Gasteiger partial charge in [0.15, 0.2) is 0 Å². The molecule has 146 valence electrons. The Morgan fingerprint density at radius 2 is 1.74 bits per heavy atom. The third-order valence-corrected chi connectivity index (χ3v) is 4.96. The lowest BCUT2D eigenvalue weighted by Gasteiger charge is -2.43. The number of likely N-dealkylation sites (tertiary alicyclic amines) is 1. The summed E-state index contributed by atoms with van der Waals surface area (Å²) in [6.45, 7) is 7.50. The first-order valence-electron chi connectivity index (χ1n) is 9.43. The number of amides is 2. The highest BCUT2D eigenvalue weighted by molar-refractivity contribution is 5.71. The van der Waals surface area contributed by atoms with Crippen LogP contribution in [0.1, 0.15) is 39.2 Å². The topological polar surface area (TPSA) is 59.1 Å². The van der Waals surface area contributed by atoms with Gasteiger partial charge in [0, 0.05) is 19.6 Å². The zero-order chi connectivity index (χ0) is 19.5. The van der Waals surface area contributed by atoms with E-state index in [9.17, 15) is 9.59 Å². The van der Waals surface area contributed by atoms with E-state index in [4.69, 9.17) is 9.47 Å². The Kier molecular flexibility index (Phi) is 5.44. The molecule has 0 unspecified atom stereocenters. The second kappa shape index (κ2) is 7.62. The fraction of sp³-hybridized carbons (Fsp3) is 0.524. The SMILES string of the molecule is CC(C)(C)OC(=O)N1CCC2(C=CCN2C(=O)OCc2ccccc2)CC1. The number of nitrogens with zero attached hydrogens (tertiary/aromatic N) is 2. The van der Waals surface area contributed by atoms with Gasteiger partial charge in [-0.1, -0.05) is 42.5 Å². The van der Waals surface area contributed by atoms with Crippen molar-refractivity contribution in [3.8, 4) is 0 Å². The Labute approximate surface area is 160 Å². The second-order valence-corrected chi connectivity index (χ2v) is 8.12. The molecule has 0 atom stereocenters. The molecular weight excluding hydrogens is 344 g/mol. The molecule has 0 saturated carbocycles. The van der Waals surface area contributed by atoms with Crippen LogP contribution in [0.15, 0.2) is 42.5 Å². The zero-order valence-corrected chi connectivity index (χ0v) is 16.3. The minimum absolute atomic E-state index is 0.260. The van der Waals surface area contributed by atoms with Gasteiger partial charge < -0.3 is 14.4 Å². The molecule has 3 rings (SSSR count). The normalized spacial score (nSPS) is 18.6. The van der Waals surface area contributed by atoms with Crippen LogP contribution < -0.4 is 0 Å². The van der Waals surface area contributed by atoms with Crippen molar-refractivity contribution >= 4 is 12.2 Å². The van der Waals surface area contributed by atoms with Gasteiger partial charge in [0.1, 0.15) is 12.2 Å². The summed E-state index contributed by atoms with van der Waals surface area (Å²) in [7, 11) is 0. The molecule has 2 amide bonds. The molecule has 1 spiro atoms. The van der Waals surface area contributed by atoms with Crippen molar-refractivity contribution in [2.24, 2.45) is 0 Å². The number of benzene rings is 1. The summed E-state index contributed by atoms with van der Waals surface area (Å²) in [4.78, 5) is 28.4. The monoisotopic (exact) mass is 372 g/mol. The lowest BCUT2D eigenvalue weighted by atomic mass is 9.87. The average molecular weight is 372 g/mol. The third kappa shape index (κ3) is 4.62. The number of hydrogen-bond donors (Lipinski definition) is 0. The van der Waals surface area contributed by atoms with Crippen molar-refractivity contribution in [1.29, 1.82) is 0 Å². The summed E-state index contributed by atoms with van der Waals surface area (Å²) in [6, 6.07) is 9.65. The van der Waals surface area contributed by atoms with Gasteiger partial charge in [-0.15, -0.1) is 0 Å². The molecule has 6 nitrogen and oxygen atoms in total. The number of carbonyl (C=O) groups excluding carboxylic acids is 2. The van der Waals surface area contributed by atoms with Crippen LogP contribution in [0.4, 0.5) is 9.59 Å². The highest BCUT2D eigenvalue weighted by Gasteiger charge is 2.44. The van der Waals surface area contributed by atoms with Gasteiger partial charge in [0.25, 0.3) is 0 Å². The third-order valence-electron chi connectivity index (χ3n) is 4.96. The van der Waals surface area contributed by atoms with Crippen molar-refractivity contribution in [3.63, 3.8) is 0 Å². The number of rotatable bonds is 2. The molecule has 0 N–H and O–H groups in total. The van der Waals surface area contributed by atoms with Crippen LogP contribution in [0.3, 0.4) is 0 Å². The van der Waals surface area contributed by atoms with Crippen LogP contribution in [0.2, 0.25) is 0 Å². The van der Waals surface area contributed by atoms with Gasteiger partial charge in [-0.2, -0.15) is 0 Å². The van der Waals surface area contributed by atoms with Gasteiger partial charge in [-0.25, -0.2) is 9.59 Å². The molecule has 1 aromatic carbocycles.